The van der Waals surface area contributed by atoms with Gasteiger partial charge in [0.05, 0.1) is 22.8 Å². The number of carbonyl (C=O) groups excluding carboxylic acids is 1. The summed E-state index contributed by atoms with van der Waals surface area (Å²) in [7, 11) is 0. The van der Waals surface area contributed by atoms with Gasteiger partial charge >= 0.3 is 12.2 Å². The number of urea groups is 1. The van der Waals surface area contributed by atoms with Gasteiger partial charge in [0.25, 0.3) is 0 Å². The second-order valence-electron chi connectivity index (χ2n) is 8.02. The molecule has 2 amide bonds. The van der Waals surface area contributed by atoms with E-state index in [1.54, 1.807) is 29.6 Å². The van der Waals surface area contributed by atoms with Crippen LogP contribution in [0.5, 0.6) is 0 Å². The Morgan fingerprint density at radius 3 is 2.64 bits per heavy atom. The predicted molar refractivity (Wildman–Crippen MR) is 133 cm³/mol. The minimum atomic E-state index is -4.54. The number of rotatable bonds is 7. The van der Waals surface area contributed by atoms with E-state index in [1.165, 1.54) is 17.1 Å². The summed E-state index contributed by atoms with van der Waals surface area (Å²) >= 11 is 9.26. The van der Waals surface area contributed by atoms with E-state index in [2.05, 4.69) is 10.4 Å². The Balaban J connectivity index is 1.91. The fraction of sp³-hybridized carbons (Fsp3) is 0.391. The van der Waals surface area contributed by atoms with Crippen LogP contribution < -0.4 is 5.32 Å². The Morgan fingerprint density at radius 2 is 2.00 bits per heavy atom. The molecule has 0 aromatic heterocycles. The second kappa shape index (κ2) is 10.6. The van der Waals surface area contributed by atoms with Crippen LogP contribution in [0.25, 0.3) is 0 Å². The zero-order chi connectivity index (χ0) is 24.2. The third-order valence-corrected chi connectivity index (χ3v) is 7.21. The largest absolute Gasteiger partial charge is 0.417 e. The number of amides is 2. The van der Waals surface area contributed by atoms with E-state index in [9.17, 15) is 18.0 Å². The Morgan fingerprint density at radius 1 is 1.24 bits per heavy atom. The van der Waals surface area contributed by atoms with E-state index in [-0.39, 0.29) is 5.02 Å². The van der Waals surface area contributed by atoms with Gasteiger partial charge in [-0.15, -0.1) is 11.8 Å². The first-order valence-electron chi connectivity index (χ1n) is 10.2. The highest BCUT2D eigenvalue weighted by Gasteiger charge is 2.42. The van der Waals surface area contributed by atoms with Gasteiger partial charge in [-0.25, -0.2) is 9.80 Å². The lowest BCUT2D eigenvalue weighted by molar-refractivity contribution is -0.137. The first-order valence-corrected chi connectivity index (χ1v) is 13.2. The zero-order valence-corrected chi connectivity index (χ0v) is 20.9. The van der Waals surface area contributed by atoms with Gasteiger partial charge < -0.3 is 5.32 Å². The van der Waals surface area contributed by atoms with Crippen molar-refractivity contribution in [3.8, 4) is 0 Å². The molecule has 3 rings (SSSR count). The highest BCUT2D eigenvalue weighted by Crippen LogP contribution is 2.39. The quantitative estimate of drug-likeness (QED) is 0.307. The van der Waals surface area contributed by atoms with Crippen LogP contribution in [-0.2, 0) is 6.18 Å². The minimum Gasteiger partial charge on any atom is -0.306 e. The van der Waals surface area contributed by atoms with Crippen molar-refractivity contribution in [1.29, 1.82) is 0 Å². The molecule has 1 N–H and O–H groups in total. The Labute approximate surface area is 205 Å². The number of hydrogen-bond donors (Lipinski definition) is 1. The average Bonchev–Trinajstić information content (AvgIpc) is 3.11. The Hall–Kier alpha value is -1.84. The maximum Gasteiger partial charge on any atom is 0.417 e. The first kappa shape index (κ1) is 25.8. The van der Waals surface area contributed by atoms with Gasteiger partial charge in [-0.3, -0.25) is 0 Å². The second-order valence-corrected chi connectivity index (χ2v) is 10.3. The van der Waals surface area contributed by atoms with Gasteiger partial charge in [0.1, 0.15) is 0 Å². The molecular weight excluding hydrogens is 491 g/mol. The van der Waals surface area contributed by atoms with E-state index >= 15 is 0 Å². The van der Waals surface area contributed by atoms with Crippen LogP contribution in [-0.4, -0.2) is 41.6 Å². The van der Waals surface area contributed by atoms with Gasteiger partial charge in [-0.1, -0.05) is 30.7 Å². The topological polar surface area (TPSA) is 44.7 Å². The van der Waals surface area contributed by atoms with Crippen LogP contribution >= 0.6 is 35.1 Å². The molecule has 1 unspecified atom stereocenters. The molecule has 1 atom stereocenters. The van der Waals surface area contributed by atoms with Crippen molar-refractivity contribution in [2.45, 2.75) is 30.8 Å². The van der Waals surface area contributed by atoms with Crippen molar-refractivity contribution < 1.29 is 18.0 Å². The Bertz CT molecular complexity index is 1050. The van der Waals surface area contributed by atoms with Gasteiger partial charge in [-0.05, 0) is 67.0 Å². The lowest BCUT2D eigenvalue weighted by Crippen LogP contribution is -2.35. The summed E-state index contributed by atoms with van der Waals surface area (Å²) in [6.07, 6.45) is 1.05. The smallest absolute Gasteiger partial charge is 0.306 e. The molecule has 1 heterocycles. The van der Waals surface area contributed by atoms with Gasteiger partial charge in [0, 0.05) is 16.0 Å². The lowest BCUT2D eigenvalue weighted by Gasteiger charge is -2.26. The van der Waals surface area contributed by atoms with Crippen molar-refractivity contribution >= 4 is 52.6 Å². The first-order chi connectivity index (χ1) is 15.6. The van der Waals surface area contributed by atoms with Crippen molar-refractivity contribution in [2.75, 3.05) is 30.1 Å². The molecule has 178 valence electrons. The van der Waals surface area contributed by atoms with Gasteiger partial charge in [0.2, 0.25) is 0 Å². The van der Waals surface area contributed by atoms with Crippen LogP contribution in [0.3, 0.4) is 0 Å². The van der Waals surface area contributed by atoms with Crippen molar-refractivity contribution in [2.24, 2.45) is 10.5 Å². The van der Waals surface area contributed by atoms with Crippen molar-refractivity contribution in [3.63, 3.8) is 0 Å². The standard InChI is InChI=1S/C23H25ClF3N3OS2/c1-22(10-5-11-32-2)14-30(21(31)28-16-6-4-7-17(13-16)33-3)29-20(22)15-8-9-18(19(24)12-15)23(25,26)27/h4,6-9,12-13H,5,10-11,14H2,1-3H3,(H,28,31). The number of hydrogen-bond acceptors (Lipinski definition) is 4. The number of halogens is 4. The molecular formula is C23H25ClF3N3OS2. The van der Waals surface area contributed by atoms with E-state index in [1.807, 2.05) is 37.6 Å². The molecule has 10 heteroatoms. The monoisotopic (exact) mass is 515 g/mol. The Kier molecular flexibility index (Phi) is 8.29. The molecule has 33 heavy (non-hydrogen) atoms. The highest BCUT2D eigenvalue weighted by molar-refractivity contribution is 7.98. The number of thioether (sulfide) groups is 2. The van der Waals surface area contributed by atoms with Crippen molar-refractivity contribution in [3.05, 3.63) is 58.6 Å². The normalized spacial score (nSPS) is 18.4. The molecule has 2 aromatic rings. The van der Waals surface area contributed by atoms with E-state index < -0.39 is 23.2 Å². The summed E-state index contributed by atoms with van der Waals surface area (Å²) in [5, 5.41) is 8.38. The van der Waals surface area contributed by atoms with E-state index in [4.69, 9.17) is 11.6 Å². The SMILES string of the molecule is CSCCCC1(C)CN(C(=O)Nc2cccc(SC)c2)N=C1c1ccc(C(F)(F)F)c(Cl)c1. The molecule has 0 bridgehead atoms. The lowest BCUT2D eigenvalue weighted by atomic mass is 9.78. The fourth-order valence-corrected chi connectivity index (χ4v) is 4.97. The number of benzene rings is 2. The molecule has 0 radical (unpaired) electrons. The summed E-state index contributed by atoms with van der Waals surface area (Å²) < 4.78 is 39.5. The molecule has 2 aromatic carbocycles. The van der Waals surface area contributed by atoms with Crippen LogP contribution in [0.2, 0.25) is 5.02 Å². The molecule has 4 nitrogen and oxygen atoms in total. The van der Waals surface area contributed by atoms with Crippen LogP contribution in [0.15, 0.2) is 52.5 Å². The van der Waals surface area contributed by atoms with Crippen LogP contribution in [0.4, 0.5) is 23.7 Å². The fourth-order valence-electron chi connectivity index (χ4n) is 3.79. The average molecular weight is 516 g/mol. The molecule has 0 spiro atoms. The molecule has 0 fully saturated rings. The molecule has 0 saturated carbocycles. The summed E-state index contributed by atoms with van der Waals surface area (Å²) in [6, 6.07) is 10.7. The number of nitrogens with zero attached hydrogens (tertiary/aromatic N) is 2. The summed E-state index contributed by atoms with van der Waals surface area (Å²) in [6.45, 7) is 2.31. The third-order valence-electron chi connectivity index (χ3n) is 5.47. The molecule has 0 aliphatic carbocycles. The van der Waals surface area contributed by atoms with E-state index in [0.29, 0.717) is 23.5 Å². The maximum atomic E-state index is 13.2. The molecule has 1 aliphatic rings. The summed E-state index contributed by atoms with van der Waals surface area (Å²) in [5.74, 6) is 0.935. The van der Waals surface area contributed by atoms with Gasteiger partial charge in [0.15, 0.2) is 0 Å². The number of carbonyl (C=O) groups is 1. The summed E-state index contributed by atoms with van der Waals surface area (Å²) in [4.78, 5) is 14.0. The number of anilines is 1. The molecule has 1 aliphatic heterocycles. The van der Waals surface area contributed by atoms with Crippen molar-refractivity contribution in [1.82, 2.24) is 5.01 Å². The predicted octanol–water partition coefficient (Wildman–Crippen LogP) is 7.48. The number of alkyl halides is 3. The number of hydrazone groups is 1. The minimum absolute atomic E-state index is 0.323. The zero-order valence-electron chi connectivity index (χ0n) is 18.5. The third kappa shape index (κ3) is 6.19. The van der Waals surface area contributed by atoms with E-state index in [0.717, 1.165) is 29.6 Å². The van der Waals surface area contributed by atoms with Crippen LogP contribution in [0, 0.1) is 5.41 Å². The van der Waals surface area contributed by atoms with Gasteiger partial charge in [-0.2, -0.15) is 30.0 Å². The molecule has 0 saturated heterocycles. The number of nitrogens with one attached hydrogen (secondary N) is 1. The van der Waals surface area contributed by atoms with Crippen LogP contribution in [0.1, 0.15) is 30.9 Å². The highest BCUT2D eigenvalue weighted by atomic mass is 35.5. The summed E-state index contributed by atoms with van der Waals surface area (Å²) in [5.41, 5.74) is 0.291. The maximum absolute atomic E-state index is 13.2.